The highest BCUT2D eigenvalue weighted by atomic mass is 16.4. The van der Waals surface area contributed by atoms with Gasteiger partial charge in [0.2, 0.25) is 0 Å². The Morgan fingerprint density at radius 3 is 2.81 bits per heavy atom. The molecule has 0 saturated carbocycles. The third-order valence-electron chi connectivity index (χ3n) is 3.71. The summed E-state index contributed by atoms with van der Waals surface area (Å²) in [6.45, 7) is 2.47. The minimum atomic E-state index is -0.900. The summed E-state index contributed by atoms with van der Waals surface area (Å²) in [6, 6.07) is 13.4. The molecule has 0 radical (unpaired) electrons. The molecule has 2 aromatic carbocycles. The van der Waals surface area contributed by atoms with E-state index in [0.717, 1.165) is 22.3 Å². The molecule has 3 aromatic rings. The van der Waals surface area contributed by atoms with E-state index in [9.17, 15) is 4.79 Å². The number of hydrogen-bond donors (Lipinski definition) is 3. The van der Waals surface area contributed by atoms with E-state index in [0.29, 0.717) is 12.1 Å². The highest BCUT2D eigenvalue weighted by molar-refractivity contribution is 5.91. The van der Waals surface area contributed by atoms with E-state index in [2.05, 4.69) is 16.4 Å². The molecule has 0 aliphatic carbocycles. The van der Waals surface area contributed by atoms with Crippen LogP contribution in [0, 0.1) is 6.92 Å². The Balaban J connectivity index is 1.85. The Kier molecular flexibility index (Phi) is 3.36. The van der Waals surface area contributed by atoms with Crippen molar-refractivity contribution in [3.05, 3.63) is 65.4 Å². The van der Waals surface area contributed by atoms with Crippen LogP contribution in [0.1, 0.15) is 21.5 Å². The summed E-state index contributed by atoms with van der Waals surface area (Å²) < 4.78 is 0. The number of nitrogens with one attached hydrogen (secondary N) is 2. The van der Waals surface area contributed by atoms with Crippen LogP contribution in [-0.4, -0.2) is 16.1 Å². The van der Waals surface area contributed by atoms with Gasteiger partial charge in [-0.2, -0.15) is 0 Å². The zero-order valence-corrected chi connectivity index (χ0v) is 11.7. The second-order valence-corrected chi connectivity index (χ2v) is 5.00. The first kappa shape index (κ1) is 13.2. The van der Waals surface area contributed by atoms with Crippen LogP contribution in [-0.2, 0) is 6.54 Å². The largest absolute Gasteiger partial charge is 0.478 e. The van der Waals surface area contributed by atoms with Gasteiger partial charge in [0.15, 0.2) is 0 Å². The summed E-state index contributed by atoms with van der Waals surface area (Å²) in [7, 11) is 0. The molecule has 1 aromatic heterocycles. The molecule has 0 saturated heterocycles. The summed E-state index contributed by atoms with van der Waals surface area (Å²) >= 11 is 0. The molecule has 106 valence electrons. The van der Waals surface area contributed by atoms with E-state index in [-0.39, 0.29) is 0 Å². The minimum Gasteiger partial charge on any atom is -0.478 e. The monoisotopic (exact) mass is 280 g/mol. The second kappa shape index (κ2) is 5.32. The number of rotatable bonds is 4. The summed E-state index contributed by atoms with van der Waals surface area (Å²) in [5, 5.41) is 13.6. The lowest BCUT2D eigenvalue weighted by atomic mass is 10.1. The topological polar surface area (TPSA) is 65.1 Å². The molecule has 0 aliphatic heterocycles. The zero-order valence-electron chi connectivity index (χ0n) is 11.7. The van der Waals surface area contributed by atoms with Gasteiger partial charge in [-0.1, -0.05) is 24.3 Å². The third kappa shape index (κ3) is 2.48. The van der Waals surface area contributed by atoms with E-state index in [1.165, 1.54) is 5.39 Å². The molecule has 3 N–H and O–H groups in total. The van der Waals surface area contributed by atoms with Crippen molar-refractivity contribution in [3.8, 4) is 0 Å². The summed E-state index contributed by atoms with van der Waals surface area (Å²) in [4.78, 5) is 14.4. The van der Waals surface area contributed by atoms with Crippen molar-refractivity contribution in [1.82, 2.24) is 4.98 Å². The number of aromatic nitrogens is 1. The van der Waals surface area contributed by atoms with Gasteiger partial charge in [-0.05, 0) is 36.2 Å². The lowest BCUT2D eigenvalue weighted by molar-refractivity contribution is 0.0696. The first-order valence-corrected chi connectivity index (χ1v) is 6.78. The highest BCUT2D eigenvalue weighted by Crippen LogP contribution is 2.22. The average molecular weight is 280 g/mol. The van der Waals surface area contributed by atoms with Crippen molar-refractivity contribution < 1.29 is 9.90 Å². The number of para-hydroxylation sites is 1. The molecule has 0 fully saturated rings. The zero-order chi connectivity index (χ0) is 14.8. The van der Waals surface area contributed by atoms with Gasteiger partial charge in [-0.25, -0.2) is 4.79 Å². The minimum absolute atomic E-state index is 0.332. The highest BCUT2D eigenvalue weighted by Gasteiger charge is 2.10. The van der Waals surface area contributed by atoms with Crippen molar-refractivity contribution in [2.45, 2.75) is 13.5 Å². The number of carboxylic acid groups (broad SMARTS) is 1. The van der Waals surface area contributed by atoms with Crippen molar-refractivity contribution in [3.63, 3.8) is 0 Å². The van der Waals surface area contributed by atoms with Crippen molar-refractivity contribution in [2.24, 2.45) is 0 Å². The Bertz CT molecular complexity index is 805. The van der Waals surface area contributed by atoms with Crippen molar-refractivity contribution in [2.75, 3.05) is 5.32 Å². The van der Waals surface area contributed by atoms with Crippen molar-refractivity contribution in [1.29, 1.82) is 0 Å². The van der Waals surface area contributed by atoms with Crippen LogP contribution in [0.25, 0.3) is 10.9 Å². The maximum atomic E-state index is 11.1. The first-order chi connectivity index (χ1) is 10.2. The number of benzene rings is 2. The van der Waals surface area contributed by atoms with E-state index < -0.39 is 5.97 Å². The molecule has 0 unspecified atom stereocenters. The molecular formula is C17H16N2O2. The predicted molar refractivity (Wildman–Crippen MR) is 83.8 cm³/mol. The van der Waals surface area contributed by atoms with E-state index >= 15 is 0 Å². The Morgan fingerprint density at radius 2 is 2.00 bits per heavy atom. The van der Waals surface area contributed by atoms with E-state index in [4.69, 9.17) is 5.11 Å². The number of anilines is 1. The fourth-order valence-electron chi connectivity index (χ4n) is 2.53. The van der Waals surface area contributed by atoms with Gasteiger partial charge in [-0.15, -0.1) is 0 Å². The van der Waals surface area contributed by atoms with Crippen LogP contribution in [0.4, 0.5) is 5.69 Å². The number of hydrogen-bond acceptors (Lipinski definition) is 2. The number of fused-ring (bicyclic) bond motifs is 1. The molecule has 0 aliphatic rings. The molecule has 4 nitrogen and oxygen atoms in total. The van der Waals surface area contributed by atoms with Crippen molar-refractivity contribution >= 4 is 22.6 Å². The molecular weight excluding hydrogens is 264 g/mol. The van der Waals surface area contributed by atoms with Gasteiger partial charge in [0, 0.05) is 29.3 Å². The molecule has 4 heteroatoms. The maximum absolute atomic E-state index is 11.1. The molecule has 0 amide bonds. The summed E-state index contributed by atoms with van der Waals surface area (Å²) in [5.74, 6) is -0.900. The summed E-state index contributed by atoms with van der Waals surface area (Å²) in [5.41, 5.74) is 4.19. The third-order valence-corrected chi connectivity index (χ3v) is 3.71. The fourth-order valence-corrected chi connectivity index (χ4v) is 2.53. The first-order valence-electron chi connectivity index (χ1n) is 6.78. The normalized spacial score (nSPS) is 10.7. The Morgan fingerprint density at radius 1 is 1.19 bits per heavy atom. The van der Waals surface area contributed by atoms with Gasteiger partial charge in [-0.3, -0.25) is 0 Å². The Hall–Kier alpha value is -2.75. The lowest BCUT2D eigenvalue weighted by Gasteiger charge is -2.11. The Labute approximate surface area is 122 Å². The number of carbonyl (C=O) groups is 1. The van der Waals surface area contributed by atoms with Gasteiger partial charge in [0.25, 0.3) is 0 Å². The molecule has 1 heterocycles. The average Bonchev–Trinajstić information content (AvgIpc) is 2.89. The maximum Gasteiger partial charge on any atom is 0.336 e. The van der Waals surface area contributed by atoms with Crippen LogP contribution in [0.3, 0.4) is 0 Å². The van der Waals surface area contributed by atoms with Gasteiger partial charge in [0.1, 0.15) is 0 Å². The standard InChI is InChI=1S/C17H16N2O2/c1-11-13(17(20)21)6-4-8-15(11)18-9-12-10-19-16-7-3-2-5-14(12)16/h2-8,10,18-19H,9H2,1H3,(H,20,21). The lowest BCUT2D eigenvalue weighted by Crippen LogP contribution is -2.05. The van der Waals surface area contributed by atoms with Crippen LogP contribution in [0.15, 0.2) is 48.7 Å². The molecule has 21 heavy (non-hydrogen) atoms. The van der Waals surface area contributed by atoms with Crippen LogP contribution < -0.4 is 5.32 Å². The van der Waals surface area contributed by atoms with Gasteiger partial charge < -0.3 is 15.4 Å². The molecule has 0 spiro atoms. The predicted octanol–water partition coefficient (Wildman–Crippen LogP) is 3.79. The number of aromatic carboxylic acids is 1. The quantitative estimate of drug-likeness (QED) is 0.681. The van der Waals surface area contributed by atoms with Crippen LogP contribution in [0.5, 0.6) is 0 Å². The fraction of sp³-hybridized carbons (Fsp3) is 0.118. The van der Waals surface area contributed by atoms with Gasteiger partial charge in [0.05, 0.1) is 5.56 Å². The smallest absolute Gasteiger partial charge is 0.336 e. The molecule has 0 bridgehead atoms. The SMILES string of the molecule is Cc1c(NCc2c[nH]c3ccccc23)cccc1C(=O)O. The van der Waals surface area contributed by atoms with E-state index in [1.807, 2.05) is 37.4 Å². The number of H-pyrrole nitrogens is 1. The second-order valence-electron chi connectivity index (χ2n) is 5.00. The molecule has 3 rings (SSSR count). The summed E-state index contributed by atoms with van der Waals surface area (Å²) in [6.07, 6.45) is 1.98. The van der Waals surface area contributed by atoms with E-state index in [1.54, 1.807) is 12.1 Å². The molecule has 0 atom stereocenters. The number of carboxylic acids is 1. The van der Waals surface area contributed by atoms with Crippen LogP contribution >= 0.6 is 0 Å². The van der Waals surface area contributed by atoms with Gasteiger partial charge >= 0.3 is 5.97 Å². The number of aromatic amines is 1. The van der Waals surface area contributed by atoms with Crippen LogP contribution in [0.2, 0.25) is 0 Å².